The number of aromatic nitrogens is 6. The highest BCUT2D eigenvalue weighted by Gasteiger charge is 2.17. The molecule has 164 valence electrons. The minimum Gasteiger partial charge on any atom is -0.343 e. The molecule has 1 N–H and O–H groups in total. The van der Waals surface area contributed by atoms with Crippen LogP contribution in [0.25, 0.3) is 28.3 Å². The van der Waals surface area contributed by atoms with Crippen molar-refractivity contribution < 1.29 is 0 Å². The molecule has 0 saturated carbocycles. The molecule has 4 aromatic heterocycles. The maximum Gasteiger partial charge on any atom is 0.186 e. The van der Waals surface area contributed by atoms with Gasteiger partial charge in [0.25, 0.3) is 0 Å². The van der Waals surface area contributed by atoms with Gasteiger partial charge in [0, 0.05) is 24.0 Å². The maximum absolute atomic E-state index is 4.97. The predicted octanol–water partition coefficient (Wildman–Crippen LogP) is 3.47. The highest BCUT2D eigenvalue weighted by molar-refractivity contribution is 6.04. The normalized spacial score (nSPS) is 11.5. The first-order valence-corrected chi connectivity index (χ1v) is 11.2. The number of hydrogen-bond acceptors (Lipinski definition) is 5. The first-order chi connectivity index (χ1) is 16.2. The molecule has 33 heavy (non-hydrogen) atoms. The van der Waals surface area contributed by atoms with E-state index in [1.54, 1.807) is 10.8 Å². The molecule has 0 saturated heterocycles. The molecule has 1 aromatic carbocycles. The number of fused-ring (bicyclic) bond motifs is 1. The van der Waals surface area contributed by atoms with Gasteiger partial charge in [0.1, 0.15) is 17.8 Å². The quantitative estimate of drug-likeness (QED) is 0.378. The highest BCUT2D eigenvalue weighted by Crippen LogP contribution is 2.29. The molecule has 0 aliphatic carbocycles. The summed E-state index contributed by atoms with van der Waals surface area (Å²) >= 11 is 0. The number of benzene rings is 1. The Kier molecular flexibility index (Phi) is 6.00. The molecule has 7 nitrogen and oxygen atoms in total. The third-order valence-electron chi connectivity index (χ3n) is 5.71. The van der Waals surface area contributed by atoms with Crippen LogP contribution in [0.5, 0.6) is 0 Å². The van der Waals surface area contributed by atoms with Gasteiger partial charge in [-0.15, -0.1) is 0 Å². The van der Waals surface area contributed by atoms with Crippen molar-refractivity contribution in [1.29, 1.82) is 0 Å². The van der Waals surface area contributed by atoms with E-state index in [4.69, 9.17) is 9.97 Å². The zero-order valence-corrected chi connectivity index (χ0v) is 18.9. The van der Waals surface area contributed by atoms with Gasteiger partial charge in [-0.2, -0.15) is 5.10 Å². The van der Waals surface area contributed by atoms with Crippen molar-refractivity contribution in [3.63, 3.8) is 0 Å². The lowest BCUT2D eigenvalue weighted by molar-refractivity contribution is 0.428. The predicted molar refractivity (Wildman–Crippen MR) is 132 cm³/mol. The number of H-pyrrole nitrogens is 1. The Balaban J connectivity index is 1.39. The summed E-state index contributed by atoms with van der Waals surface area (Å²) in [6.45, 7) is 3.73. The van der Waals surface area contributed by atoms with Crippen LogP contribution in [0.15, 0.2) is 73.2 Å². The van der Waals surface area contributed by atoms with Crippen molar-refractivity contribution in [2.75, 3.05) is 6.54 Å². The van der Waals surface area contributed by atoms with Crippen LogP contribution in [-0.4, -0.2) is 48.9 Å². The van der Waals surface area contributed by atoms with E-state index in [1.165, 1.54) is 5.56 Å². The number of aromatic amines is 1. The number of pyridine rings is 2. The molecule has 0 atom stereocenters. The second-order valence-corrected chi connectivity index (χ2v) is 8.38. The van der Waals surface area contributed by atoms with Crippen LogP contribution in [0.2, 0.25) is 0 Å². The number of nitrogens with zero attached hydrogens (tertiary/aromatic N) is 6. The minimum atomic E-state index is 0.735. The Bertz CT molecular complexity index is 1360. The summed E-state index contributed by atoms with van der Waals surface area (Å²) in [5.41, 5.74) is 6.81. The number of nitrogens with one attached hydrogen (secondary N) is 1. The fraction of sp³-hybridized carbons (Fsp3) is 0.200. The Morgan fingerprint density at radius 3 is 2.73 bits per heavy atom. The summed E-state index contributed by atoms with van der Waals surface area (Å²) in [6, 6.07) is 20.7. The molecule has 0 aliphatic heterocycles. The monoisotopic (exact) mass is 435 g/mol. The van der Waals surface area contributed by atoms with E-state index >= 15 is 0 Å². The van der Waals surface area contributed by atoms with Gasteiger partial charge in [0.15, 0.2) is 13.6 Å². The SMILES string of the molecule is BN(CCCc1ccccc1)Cc1nc(-c2cccc(C)n2)c(-c2ccc3ncnn3c2)[nH]1. The summed E-state index contributed by atoms with van der Waals surface area (Å²) in [7, 11) is 2.14. The second kappa shape index (κ2) is 9.38. The zero-order chi connectivity index (χ0) is 22.6. The molecular weight excluding hydrogens is 409 g/mol. The number of aryl methyl sites for hydroxylation is 2. The average Bonchev–Trinajstić information content (AvgIpc) is 3.46. The third kappa shape index (κ3) is 4.86. The van der Waals surface area contributed by atoms with Gasteiger partial charge in [-0.3, -0.25) is 4.98 Å². The summed E-state index contributed by atoms with van der Waals surface area (Å²) in [4.78, 5) is 19.8. The maximum atomic E-state index is 4.97. The van der Waals surface area contributed by atoms with E-state index in [0.717, 1.165) is 65.7 Å². The van der Waals surface area contributed by atoms with Crippen LogP contribution in [0, 0.1) is 6.92 Å². The van der Waals surface area contributed by atoms with Gasteiger partial charge in [0.2, 0.25) is 0 Å². The summed E-state index contributed by atoms with van der Waals surface area (Å²) < 4.78 is 1.78. The van der Waals surface area contributed by atoms with Gasteiger partial charge in [0.05, 0.1) is 11.4 Å². The molecule has 0 amide bonds. The number of rotatable bonds is 8. The van der Waals surface area contributed by atoms with Crippen LogP contribution in [0.1, 0.15) is 23.5 Å². The Morgan fingerprint density at radius 1 is 1.00 bits per heavy atom. The van der Waals surface area contributed by atoms with Gasteiger partial charge in [-0.25, -0.2) is 14.5 Å². The third-order valence-corrected chi connectivity index (χ3v) is 5.71. The summed E-state index contributed by atoms with van der Waals surface area (Å²) in [5.74, 6) is 0.921. The van der Waals surface area contributed by atoms with Crippen molar-refractivity contribution in [3.05, 3.63) is 90.3 Å². The van der Waals surface area contributed by atoms with Crippen molar-refractivity contribution >= 4 is 13.6 Å². The molecule has 5 aromatic rings. The summed E-state index contributed by atoms with van der Waals surface area (Å²) in [6.07, 6.45) is 5.71. The van der Waals surface area contributed by atoms with Crippen LogP contribution in [-0.2, 0) is 13.0 Å². The Morgan fingerprint density at radius 2 is 1.88 bits per heavy atom. The molecule has 0 unspecified atom stereocenters. The second-order valence-electron chi connectivity index (χ2n) is 8.38. The minimum absolute atomic E-state index is 0.735. The van der Waals surface area contributed by atoms with Crippen LogP contribution in [0.4, 0.5) is 0 Å². The number of hydrogen-bond donors (Lipinski definition) is 1. The van der Waals surface area contributed by atoms with Crippen molar-refractivity contribution in [1.82, 2.24) is 34.4 Å². The lowest BCUT2D eigenvalue weighted by Gasteiger charge is -2.15. The van der Waals surface area contributed by atoms with Gasteiger partial charge >= 0.3 is 0 Å². The average molecular weight is 435 g/mol. The lowest BCUT2D eigenvalue weighted by Crippen LogP contribution is -2.22. The smallest absolute Gasteiger partial charge is 0.186 e. The van der Waals surface area contributed by atoms with Crippen LogP contribution >= 0.6 is 0 Å². The van der Waals surface area contributed by atoms with E-state index in [9.17, 15) is 0 Å². The molecule has 4 heterocycles. The standard InChI is InChI=1S/C25H26BN7/c1-18-7-5-11-21(29-18)25-24(20-12-13-23-27-17-28-33(23)15-20)30-22(31-25)16-32(26)14-6-10-19-8-3-2-4-9-19/h2-5,7-9,11-13,15,17H,6,10,14,16,26H2,1H3,(H,30,31). The molecule has 0 spiro atoms. The van der Waals surface area contributed by atoms with Crippen molar-refractivity contribution in [2.24, 2.45) is 0 Å². The molecule has 0 fully saturated rings. The van der Waals surface area contributed by atoms with Gasteiger partial charge < -0.3 is 9.79 Å². The number of imidazole rings is 1. The highest BCUT2D eigenvalue weighted by atomic mass is 15.3. The van der Waals surface area contributed by atoms with Gasteiger partial charge in [-0.1, -0.05) is 36.4 Å². The van der Waals surface area contributed by atoms with E-state index in [0.29, 0.717) is 0 Å². The summed E-state index contributed by atoms with van der Waals surface area (Å²) in [5, 5.41) is 4.28. The molecule has 8 heteroatoms. The van der Waals surface area contributed by atoms with Crippen molar-refractivity contribution in [2.45, 2.75) is 26.3 Å². The molecule has 5 rings (SSSR count). The fourth-order valence-corrected chi connectivity index (χ4v) is 4.06. The van der Waals surface area contributed by atoms with Crippen LogP contribution in [0.3, 0.4) is 0 Å². The van der Waals surface area contributed by atoms with E-state index in [2.05, 4.69) is 58.2 Å². The lowest BCUT2D eigenvalue weighted by atomic mass is 10.1. The van der Waals surface area contributed by atoms with Crippen molar-refractivity contribution in [3.8, 4) is 22.6 Å². The first-order valence-electron chi connectivity index (χ1n) is 11.2. The molecule has 0 bridgehead atoms. The Labute approximate surface area is 194 Å². The first kappa shape index (κ1) is 21.1. The topological polar surface area (TPSA) is 75.0 Å². The van der Waals surface area contributed by atoms with E-state index in [1.807, 2.05) is 43.5 Å². The van der Waals surface area contributed by atoms with Crippen LogP contribution < -0.4 is 0 Å². The fourth-order valence-electron chi connectivity index (χ4n) is 4.06. The Hall–Kier alpha value is -3.78. The molecular formula is C25H26BN7. The molecule has 0 radical (unpaired) electrons. The molecule has 0 aliphatic rings. The van der Waals surface area contributed by atoms with Gasteiger partial charge in [-0.05, 0) is 56.1 Å². The van der Waals surface area contributed by atoms with E-state index in [-0.39, 0.29) is 0 Å². The zero-order valence-electron chi connectivity index (χ0n) is 18.9. The largest absolute Gasteiger partial charge is 0.343 e. The van der Waals surface area contributed by atoms with E-state index < -0.39 is 0 Å².